The fourth-order valence-corrected chi connectivity index (χ4v) is 3.09. The van der Waals surface area contributed by atoms with E-state index in [2.05, 4.69) is 65.0 Å². The first-order valence-corrected chi connectivity index (χ1v) is 12.2. The molecule has 0 spiro atoms. The van der Waals surface area contributed by atoms with Crippen LogP contribution in [0, 0.1) is 30.1 Å². The second-order valence-electron chi connectivity index (χ2n) is 8.26. The van der Waals surface area contributed by atoms with Crippen LogP contribution in [0.1, 0.15) is 42.3 Å². The molecule has 0 radical (unpaired) electrons. The van der Waals surface area contributed by atoms with Crippen LogP contribution in [0.25, 0.3) is 0 Å². The zero-order valence-corrected chi connectivity index (χ0v) is 22.3. The van der Waals surface area contributed by atoms with E-state index in [1.807, 2.05) is 56.4 Å². The van der Waals surface area contributed by atoms with E-state index >= 15 is 0 Å². The number of nitrogens with one attached hydrogen (secondary N) is 2. The molecule has 3 rings (SSSR count). The van der Waals surface area contributed by atoms with Crippen LogP contribution in [0.4, 0.5) is 5.69 Å². The van der Waals surface area contributed by atoms with Gasteiger partial charge in [0.15, 0.2) is 18.0 Å². The number of rotatable bonds is 4. The first-order valence-electron chi connectivity index (χ1n) is 10.9. The summed E-state index contributed by atoms with van der Waals surface area (Å²) in [6, 6.07) is 16.9. The van der Waals surface area contributed by atoms with Crippen LogP contribution in [0.15, 0.2) is 57.9 Å². The lowest BCUT2D eigenvalue weighted by atomic mass is 10.1. The van der Waals surface area contributed by atoms with Crippen molar-refractivity contribution in [2.75, 3.05) is 26.5 Å². The number of aliphatic imine (C=N–C) groups is 1. The molecule has 0 aromatic heterocycles. The summed E-state index contributed by atoms with van der Waals surface area (Å²) in [5.74, 6) is 5.83. The van der Waals surface area contributed by atoms with Crippen molar-refractivity contribution in [2.24, 2.45) is 15.3 Å². The van der Waals surface area contributed by atoms with Crippen LogP contribution >= 0.6 is 10.9 Å². The van der Waals surface area contributed by atoms with Gasteiger partial charge in [0.05, 0.1) is 17.8 Å². The average molecular weight is 493 g/mol. The number of nitrogens with zero attached hydrogens (tertiary/aromatic N) is 4. The van der Waals surface area contributed by atoms with Crippen LogP contribution in [-0.4, -0.2) is 49.9 Å². The molecule has 186 valence electrons. The molecule has 1 heterocycles. The van der Waals surface area contributed by atoms with E-state index in [4.69, 9.17) is 0 Å². The molecule has 2 N–H and O–H groups in total. The number of hydrogen-bond donors (Lipinski definition) is 2. The predicted molar refractivity (Wildman–Crippen MR) is 153 cm³/mol. The molecule has 0 amide bonds. The third-order valence-corrected chi connectivity index (χ3v) is 4.32. The molecular formula is C27H36N6OS. The van der Waals surface area contributed by atoms with Gasteiger partial charge in [-0.15, -0.1) is 12.8 Å². The zero-order valence-electron chi connectivity index (χ0n) is 21.4. The van der Waals surface area contributed by atoms with E-state index in [1.165, 1.54) is 0 Å². The Balaban J connectivity index is 0.000000994. The highest BCUT2D eigenvalue weighted by Crippen LogP contribution is 2.21. The zero-order chi connectivity index (χ0) is 26.8. The van der Waals surface area contributed by atoms with Gasteiger partial charge in [0.25, 0.3) is 0 Å². The van der Waals surface area contributed by atoms with E-state index < -0.39 is 10.9 Å². The highest BCUT2D eigenvalue weighted by Gasteiger charge is 2.19. The lowest BCUT2D eigenvalue weighted by Gasteiger charge is -2.09. The van der Waals surface area contributed by atoms with Crippen molar-refractivity contribution in [2.45, 2.75) is 27.3 Å². The minimum absolute atomic E-state index is 0.276. The van der Waals surface area contributed by atoms with Gasteiger partial charge in [-0.2, -0.15) is 9.66 Å². The summed E-state index contributed by atoms with van der Waals surface area (Å²) < 4.78 is 7.50. The predicted octanol–water partition coefficient (Wildman–Crippen LogP) is 5.00. The fraction of sp³-hybridized carbons (Fsp3) is 0.296. The summed E-state index contributed by atoms with van der Waals surface area (Å²) in [4.78, 5) is 17.6. The van der Waals surface area contributed by atoms with Crippen molar-refractivity contribution in [3.63, 3.8) is 0 Å². The molecule has 0 aliphatic carbocycles. The number of terminal acetylenes is 1. The van der Waals surface area contributed by atoms with Gasteiger partial charge in [-0.1, -0.05) is 63.2 Å². The molecule has 1 aliphatic rings. The molecule has 0 saturated heterocycles. The molecule has 1 atom stereocenters. The van der Waals surface area contributed by atoms with Crippen LogP contribution in [-0.2, 0) is 6.54 Å². The van der Waals surface area contributed by atoms with E-state index in [9.17, 15) is 10.1 Å². The van der Waals surface area contributed by atoms with Crippen molar-refractivity contribution in [1.29, 1.82) is 5.26 Å². The van der Waals surface area contributed by atoms with E-state index in [1.54, 1.807) is 18.2 Å². The molecule has 0 fully saturated rings. The fourth-order valence-electron chi connectivity index (χ4n) is 2.30. The Kier molecular flexibility index (Phi) is 15.8. The van der Waals surface area contributed by atoms with Gasteiger partial charge in [-0.05, 0) is 44.6 Å². The van der Waals surface area contributed by atoms with Crippen molar-refractivity contribution in [3.8, 4) is 18.9 Å². The number of aldehydes is 1. The standard InChI is InChI=1S/C18H15N5OS.C4H10.C3H9N.C2H2/c1-25-22-17(20-11-13-6-3-2-4-7-13)18(23-25)21-16-9-5-8-14(12-24)15(16)10-19;2*1-4(2)3;1-2/h2-9,12H,1,11H2,(H,20,22)(H,21,23);4H,1-3H3;1-3H3;1-2H. The molecule has 0 bridgehead atoms. The second-order valence-corrected chi connectivity index (χ2v) is 9.37. The Morgan fingerprint density at radius 2 is 1.74 bits per heavy atom. The lowest BCUT2D eigenvalue weighted by molar-refractivity contribution is 0.112. The van der Waals surface area contributed by atoms with Crippen LogP contribution in [0.5, 0.6) is 0 Å². The van der Waals surface area contributed by atoms with Crippen molar-refractivity contribution in [1.82, 2.24) is 9.62 Å². The Hall–Kier alpha value is -3.72. The highest BCUT2D eigenvalue weighted by atomic mass is 32.2. The maximum atomic E-state index is 11.1. The molecule has 2 aromatic rings. The largest absolute Gasteiger partial charge is 0.335 e. The van der Waals surface area contributed by atoms with Gasteiger partial charge in [0, 0.05) is 16.4 Å². The lowest BCUT2D eigenvalue weighted by Crippen LogP contribution is -2.27. The minimum atomic E-state index is -0.638. The van der Waals surface area contributed by atoms with Crippen LogP contribution < -0.4 is 10.0 Å². The number of hydrogen-bond acceptors (Lipinski definition) is 6. The Bertz CT molecular complexity index is 1050. The number of carbonyl (C=O) groups excluding carboxylic acids is 1. The van der Waals surface area contributed by atoms with Gasteiger partial charge in [-0.3, -0.25) is 14.5 Å². The summed E-state index contributed by atoms with van der Waals surface area (Å²) >= 11 is 0. The third-order valence-electron chi connectivity index (χ3n) is 3.49. The topological polar surface area (TPSA) is 92.9 Å². The molecule has 35 heavy (non-hydrogen) atoms. The summed E-state index contributed by atoms with van der Waals surface area (Å²) in [6.45, 7) is 7.00. The van der Waals surface area contributed by atoms with Gasteiger partial charge < -0.3 is 10.2 Å². The quantitative estimate of drug-likeness (QED) is 0.356. The average Bonchev–Trinajstić information content (AvgIpc) is 3.17. The van der Waals surface area contributed by atoms with Gasteiger partial charge in [-0.25, -0.2) is 0 Å². The SMILES string of the molecule is C#C.C=S1N=C(Nc2cccc(C=O)c2C#N)C(=NCc2ccccc2)N1.CC(C)C.CN(C)C. The molecule has 2 aromatic carbocycles. The first-order chi connectivity index (χ1) is 16.7. The molecule has 0 saturated carbocycles. The number of amidine groups is 2. The summed E-state index contributed by atoms with van der Waals surface area (Å²) in [6.07, 6.45) is 8.66. The summed E-state index contributed by atoms with van der Waals surface area (Å²) in [5.41, 5.74) is 2.19. The van der Waals surface area contributed by atoms with E-state index in [0.29, 0.717) is 35.8 Å². The monoisotopic (exact) mass is 492 g/mol. The maximum Gasteiger partial charge on any atom is 0.183 e. The molecule has 1 aliphatic heterocycles. The molecule has 8 heteroatoms. The van der Waals surface area contributed by atoms with Crippen molar-refractivity contribution < 1.29 is 4.79 Å². The van der Waals surface area contributed by atoms with Gasteiger partial charge >= 0.3 is 0 Å². The van der Waals surface area contributed by atoms with Crippen LogP contribution in [0.3, 0.4) is 0 Å². The summed E-state index contributed by atoms with van der Waals surface area (Å²) in [7, 11) is 5.36. The van der Waals surface area contributed by atoms with Crippen LogP contribution in [0.2, 0.25) is 0 Å². The minimum Gasteiger partial charge on any atom is -0.335 e. The van der Waals surface area contributed by atoms with Gasteiger partial charge in [0.1, 0.15) is 6.07 Å². The number of nitriles is 1. The smallest absolute Gasteiger partial charge is 0.183 e. The Morgan fingerprint density at radius 3 is 2.26 bits per heavy atom. The third kappa shape index (κ3) is 12.9. The number of carbonyl (C=O) groups is 1. The number of benzene rings is 2. The first kappa shape index (κ1) is 31.3. The van der Waals surface area contributed by atoms with Crippen molar-refractivity contribution in [3.05, 3.63) is 65.2 Å². The van der Waals surface area contributed by atoms with Gasteiger partial charge in [0.2, 0.25) is 0 Å². The summed E-state index contributed by atoms with van der Waals surface area (Å²) in [5, 5.41) is 12.4. The highest BCUT2D eigenvalue weighted by molar-refractivity contribution is 8.12. The second kappa shape index (κ2) is 17.7. The Morgan fingerprint density at radius 1 is 1.17 bits per heavy atom. The number of anilines is 1. The normalized spacial score (nSPS) is 14.6. The molecule has 7 nitrogen and oxygen atoms in total. The van der Waals surface area contributed by atoms with Crippen molar-refractivity contribution >= 4 is 40.4 Å². The van der Waals surface area contributed by atoms with E-state index in [-0.39, 0.29) is 5.56 Å². The van der Waals surface area contributed by atoms with E-state index in [0.717, 1.165) is 11.5 Å². The molecule has 1 unspecified atom stereocenters. The Labute approximate surface area is 213 Å². The molecular weight excluding hydrogens is 456 g/mol. The maximum absolute atomic E-state index is 11.1.